The van der Waals surface area contributed by atoms with Crippen LogP contribution in [0.1, 0.15) is 57.2 Å². The van der Waals surface area contributed by atoms with E-state index in [4.69, 9.17) is 5.73 Å². The van der Waals surface area contributed by atoms with Crippen molar-refractivity contribution >= 4 is 5.82 Å². The van der Waals surface area contributed by atoms with Gasteiger partial charge >= 0.3 is 0 Å². The zero-order chi connectivity index (χ0) is 15.4. The number of rotatable bonds is 7. The maximum atomic E-state index is 5.83. The third-order valence-corrected chi connectivity index (χ3v) is 4.69. The minimum absolute atomic E-state index is 0.690. The second-order valence-corrected chi connectivity index (χ2v) is 6.86. The predicted octanol–water partition coefficient (Wildman–Crippen LogP) is 3.02. The molecule has 2 N–H and O–H groups in total. The lowest BCUT2D eigenvalue weighted by atomic mass is 10.1. The van der Waals surface area contributed by atoms with E-state index in [-0.39, 0.29) is 0 Å². The molecule has 0 unspecified atom stereocenters. The third kappa shape index (κ3) is 3.79. The highest BCUT2D eigenvalue weighted by Crippen LogP contribution is 2.32. The molecule has 120 valence electrons. The number of aryl methyl sites for hydroxylation is 2. The Morgan fingerprint density at radius 3 is 2.57 bits per heavy atom. The molecule has 1 fully saturated rings. The lowest BCUT2D eigenvalue weighted by molar-refractivity contribution is 0.515. The highest BCUT2D eigenvalue weighted by atomic mass is 15.4. The molecular formula is C17H32N4. The second-order valence-electron chi connectivity index (χ2n) is 6.86. The fourth-order valence-corrected chi connectivity index (χ4v) is 3.56. The Balaban J connectivity index is 2.30. The Hall–Kier alpha value is -1.03. The molecule has 1 aliphatic carbocycles. The molecule has 1 aliphatic rings. The molecule has 0 bridgehead atoms. The van der Waals surface area contributed by atoms with Crippen LogP contribution in [0.25, 0.3) is 0 Å². The number of nitrogens with zero attached hydrogens (tertiary/aromatic N) is 3. The van der Waals surface area contributed by atoms with Gasteiger partial charge in [0.05, 0.1) is 5.69 Å². The summed E-state index contributed by atoms with van der Waals surface area (Å²) < 4.78 is 2.08. The Bertz CT molecular complexity index is 444. The van der Waals surface area contributed by atoms with E-state index in [0.717, 1.165) is 24.6 Å². The van der Waals surface area contributed by atoms with Crippen molar-refractivity contribution in [2.45, 2.75) is 65.3 Å². The fraction of sp³-hybridized carbons (Fsp3) is 0.824. The first-order chi connectivity index (χ1) is 10.0. The van der Waals surface area contributed by atoms with Crippen molar-refractivity contribution in [2.75, 3.05) is 18.0 Å². The van der Waals surface area contributed by atoms with Gasteiger partial charge in [-0.15, -0.1) is 0 Å². The molecular weight excluding hydrogens is 260 g/mol. The van der Waals surface area contributed by atoms with E-state index in [2.05, 4.69) is 42.5 Å². The van der Waals surface area contributed by atoms with E-state index >= 15 is 0 Å². The minimum Gasteiger partial charge on any atom is -0.354 e. The van der Waals surface area contributed by atoms with Crippen LogP contribution in [0.3, 0.4) is 0 Å². The SMILES string of the molecule is Cc1nn(C)c(N(CCC(C)C)C2CCCC2)c1CCN. The number of nitrogens with two attached hydrogens (primary N) is 1. The topological polar surface area (TPSA) is 47.1 Å². The van der Waals surface area contributed by atoms with E-state index in [9.17, 15) is 0 Å². The van der Waals surface area contributed by atoms with Crippen LogP contribution in [0.2, 0.25) is 0 Å². The molecule has 0 atom stereocenters. The van der Waals surface area contributed by atoms with Crippen molar-refractivity contribution in [1.82, 2.24) is 9.78 Å². The van der Waals surface area contributed by atoms with Crippen LogP contribution < -0.4 is 10.6 Å². The molecule has 0 spiro atoms. The van der Waals surface area contributed by atoms with Gasteiger partial charge in [0.25, 0.3) is 0 Å². The van der Waals surface area contributed by atoms with E-state index in [0.29, 0.717) is 12.6 Å². The van der Waals surface area contributed by atoms with Gasteiger partial charge < -0.3 is 10.6 Å². The van der Waals surface area contributed by atoms with E-state index in [1.165, 1.54) is 43.5 Å². The lowest BCUT2D eigenvalue weighted by Crippen LogP contribution is -2.37. The average molecular weight is 292 g/mol. The van der Waals surface area contributed by atoms with Crippen LogP contribution in [-0.2, 0) is 13.5 Å². The number of aromatic nitrogens is 2. The van der Waals surface area contributed by atoms with Crippen LogP contribution in [0.4, 0.5) is 5.82 Å². The largest absolute Gasteiger partial charge is 0.354 e. The first-order valence-corrected chi connectivity index (χ1v) is 8.53. The Morgan fingerprint density at radius 2 is 2.00 bits per heavy atom. The van der Waals surface area contributed by atoms with Gasteiger partial charge in [0.1, 0.15) is 5.82 Å². The van der Waals surface area contributed by atoms with E-state index in [1.54, 1.807) is 0 Å². The summed E-state index contributed by atoms with van der Waals surface area (Å²) in [5, 5.41) is 4.67. The highest BCUT2D eigenvalue weighted by molar-refractivity contribution is 5.51. The molecule has 0 radical (unpaired) electrons. The number of anilines is 1. The summed E-state index contributed by atoms with van der Waals surface area (Å²) in [5.74, 6) is 2.06. The maximum Gasteiger partial charge on any atom is 0.130 e. The van der Waals surface area contributed by atoms with Crippen molar-refractivity contribution < 1.29 is 0 Å². The molecule has 2 rings (SSSR count). The van der Waals surface area contributed by atoms with Crippen LogP contribution in [0, 0.1) is 12.8 Å². The van der Waals surface area contributed by atoms with Crippen molar-refractivity contribution in [2.24, 2.45) is 18.7 Å². The van der Waals surface area contributed by atoms with Crippen LogP contribution in [-0.4, -0.2) is 28.9 Å². The lowest BCUT2D eigenvalue weighted by Gasteiger charge is -2.32. The number of hydrogen-bond acceptors (Lipinski definition) is 3. The van der Waals surface area contributed by atoms with Crippen molar-refractivity contribution in [3.05, 3.63) is 11.3 Å². The molecule has 1 aromatic heterocycles. The van der Waals surface area contributed by atoms with Gasteiger partial charge in [-0.2, -0.15) is 5.10 Å². The predicted molar refractivity (Wildman–Crippen MR) is 89.8 cm³/mol. The molecule has 0 amide bonds. The molecule has 21 heavy (non-hydrogen) atoms. The first kappa shape index (κ1) is 16.3. The van der Waals surface area contributed by atoms with Gasteiger partial charge in [-0.3, -0.25) is 4.68 Å². The van der Waals surface area contributed by atoms with E-state index < -0.39 is 0 Å². The molecule has 4 nitrogen and oxygen atoms in total. The highest BCUT2D eigenvalue weighted by Gasteiger charge is 2.27. The van der Waals surface area contributed by atoms with Gasteiger partial charge in [-0.05, 0) is 45.1 Å². The van der Waals surface area contributed by atoms with Crippen molar-refractivity contribution in [3.8, 4) is 0 Å². The molecule has 0 aromatic carbocycles. The summed E-state index contributed by atoms with van der Waals surface area (Å²) in [6.45, 7) is 8.56. The fourth-order valence-electron chi connectivity index (χ4n) is 3.56. The van der Waals surface area contributed by atoms with Crippen LogP contribution in [0.5, 0.6) is 0 Å². The van der Waals surface area contributed by atoms with Crippen molar-refractivity contribution in [3.63, 3.8) is 0 Å². The molecule has 1 aromatic rings. The first-order valence-electron chi connectivity index (χ1n) is 8.53. The maximum absolute atomic E-state index is 5.83. The second kappa shape index (κ2) is 7.30. The quantitative estimate of drug-likeness (QED) is 0.840. The smallest absolute Gasteiger partial charge is 0.130 e. The summed E-state index contributed by atoms with van der Waals surface area (Å²) in [7, 11) is 2.08. The Kier molecular flexibility index (Phi) is 5.68. The summed E-state index contributed by atoms with van der Waals surface area (Å²) in [4.78, 5) is 2.64. The Morgan fingerprint density at radius 1 is 1.33 bits per heavy atom. The van der Waals surface area contributed by atoms with Gasteiger partial charge in [-0.1, -0.05) is 26.7 Å². The molecule has 0 saturated heterocycles. The summed E-state index contributed by atoms with van der Waals surface area (Å²) in [6, 6.07) is 0.690. The number of hydrogen-bond donors (Lipinski definition) is 1. The Labute approximate surface area is 129 Å². The van der Waals surface area contributed by atoms with Gasteiger partial charge in [0, 0.05) is 25.2 Å². The van der Waals surface area contributed by atoms with E-state index in [1.807, 2.05) is 0 Å². The zero-order valence-corrected chi connectivity index (χ0v) is 14.2. The zero-order valence-electron chi connectivity index (χ0n) is 14.2. The summed E-state index contributed by atoms with van der Waals surface area (Å²) >= 11 is 0. The summed E-state index contributed by atoms with van der Waals surface area (Å²) in [5.41, 5.74) is 8.33. The standard InChI is InChI=1S/C17H32N4/c1-13(2)10-12-21(15-7-5-6-8-15)17-16(9-11-18)14(3)19-20(17)4/h13,15H,5-12,18H2,1-4H3. The van der Waals surface area contributed by atoms with Gasteiger partial charge in [-0.25, -0.2) is 0 Å². The molecule has 1 saturated carbocycles. The minimum atomic E-state index is 0.690. The van der Waals surface area contributed by atoms with Gasteiger partial charge in [0.15, 0.2) is 0 Å². The van der Waals surface area contributed by atoms with Crippen LogP contribution >= 0.6 is 0 Å². The third-order valence-electron chi connectivity index (χ3n) is 4.69. The molecule has 4 heteroatoms. The molecule has 1 heterocycles. The normalized spacial score (nSPS) is 16.1. The van der Waals surface area contributed by atoms with Crippen LogP contribution in [0.15, 0.2) is 0 Å². The van der Waals surface area contributed by atoms with Gasteiger partial charge in [0.2, 0.25) is 0 Å². The monoisotopic (exact) mass is 292 g/mol. The average Bonchev–Trinajstić information content (AvgIpc) is 3.02. The van der Waals surface area contributed by atoms with Crippen molar-refractivity contribution in [1.29, 1.82) is 0 Å². The molecule has 0 aliphatic heterocycles. The summed E-state index contributed by atoms with van der Waals surface area (Å²) in [6.07, 6.45) is 7.55.